The number of carbonyl (C=O) groups is 2. The van der Waals surface area contributed by atoms with E-state index in [0.29, 0.717) is 25.0 Å². The van der Waals surface area contributed by atoms with Gasteiger partial charge in [-0.25, -0.2) is 4.79 Å². The fourth-order valence-electron chi connectivity index (χ4n) is 1.20. The third-order valence-corrected chi connectivity index (χ3v) is 2.70. The average Bonchev–Trinajstić information content (AvgIpc) is 2.46. The largest absolute Gasteiger partial charge is 0.465 e. The third kappa shape index (κ3) is 18.1. The van der Waals surface area contributed by atoms with Crippen LogP contribution < -0.4 is 0 Å². The summed E-state index contributed by atoms with van der Waals surface area (Å²) in [6, 6.07) is 0. The Morgan fingerprint density at radius 2 is 1.35 bits per heavy atom. The molecule has 0 atom stereocenters. The van der Waals surface area contributed by atoms with Gasteiger partial charge in [-0.1, -0.05) is 59.6 Å². The molecule has 0 aromatic rings. The smallest absolute Gasteiger partial charge is 0.333 e. The fraction of sp³-hybridized carbons (Fsp3) is 0.579. The minimum Gasteiger partial charge on any atom is -0.465 e. The Morgan fingerprint density at radius 1 is 0.913 bits per heavy atom. The number of hydrogen-bond donors (Lipinski definition) is 0. The molecule has 132 valence electrons. The zero-order valence-electron chi connectivity index (χ0n) is 15.1. The first-order chi connectivity index (χ1) is 10.7. The molecule has 0 N–H and O–H groups in total. The highest BCUT2D eigenvalue weighted by atomic mass is 16.5. The van der Waals surface area contributed by atoms with Gasteiger partial charge in [0.2, 0.25) is 0 Å². The van der Waals surface area contributed by atoms with E-state index >= 15 is 0 Å². The lowest BCUT2D eigenvalue weighted by Gasteiger charge is -2.09. The Balaban J connectivity index is 0. The van der Waals surface area contributed by atoms with E-state index in [1.54, 1.807) is 12.2 Å². The standard InChI is InChI=1S/C15H26O4.C4H6/c1-11(2)6-8-18-14(16)10-13(5)15(17)19-9-7-12(3)4;1-3-4-2/h11-12H,5-10H2,1-4H3;3-4H,1-2H2. The van der Waals surface area contributed by atoms with Crippen molar-refractivity contribution < 1.29 is 19.1 Å². The second kappa shape index (κ2) is 15.1. The Morgan fingerprint density at radius 3 is 1.74 bits per heavy atom. The van der Waals surface area contributed by atoms with Gasteiger partial charge < -0.3 is 9.47 Å². The van der Waals surface area contributed by atoms with E-state index in [0.717, 1.165) is 12.8 Å². The van der Waals surface area contributed by atoms with Crippen LogP contribution in [0.25, 0.3) is 0 Å². The van der Waals surface area contributed by atoms with Crippen molar-refractivity contribution in [3.8, 4) is 0 Å². The van der Waals surface area contributed by atoms with Gasteiger partial charge in [0.05, 0.1) is 19.6 Å². The van der Waals surface area contributed by atoms with Crippen molar-refractivity contribution in [2.45, 2.75) is 47.0 Å². The number of rotatable bonds is 10. The van der Waals surface area contributed by atoms with Gasteiger partial charge in [-0.15, -0.1) is 0 Å². The fourth-order valence-corrected chi connectivity index (χ4v) is 1.20. The average molecular weight is 324 g/mol. The normalized spacial score (nSPS) is 9.65. The van der Waals surface area contributed by atoms with E-state index in [1.165, 1.54) is 0 Å². The zero-order chi connectivity index (χ0) is 18.3. The molecule has 0 aliphatic heterocycles. The molecule has 0 amide bonds. The summed E-state index contributed by atoms with van der Waals surface area (Å²) < 4.78 is 10.0. The minimum absolute atomic E-state index is 0.0986. The number of allylic oxidation sites excluding steroid dienone is 2. The lowest BCUT2D eigenvalue weighted by atomic mass is 10.1. The van der Waals surface area contributed by atoms with E-state index in [9.17, 15) is 9.59 Å². The molecule has 0 fully saturated rings. The Labute approximate surface area is 141 Å². The SMILES string of the molecule is C=C(CC(=O)OCCC(C)C)C(=O)OCCC(C)C.C=CC=C. The molecule has 0 rings (SSSR count). The molecule has 0 unspecified atom stereocenters. The van der Waals surface area contributed by atoms with Crippen molar-refractivity contribution in [2.24, 2.45) is 11.8 Å². The maximum absolute atomic E-state index is 11.5. The molecule has 0 spiro atoms. The number of carbonyl (C=O) groups excluding carboxylic acids is 2. The van der Waals surface area contributed by atoms with Crippen LogP contribution in [0, 0.1) is 11.8 Å². The second-order valence-electron chi connectivity index (χ2n) is 5.97. The molecular weight excluding hydrogens is 292 g/mol. The summed E-state index contributed by atoms with van der Waals surface area (Å²) in [6.45, 7) is 19.2. The number of esters is 2. The van der Waals surface area contributed by atoms with Crippen molar-refractivity contribution in [3.63, 3.8) is 0 Å². The van der Waals surface area contributed by atoms with E-state index in [1.807, 2.05) is 0 Å². The van der Waals surface area contributed by atoms with E-state index in [4.69, 9.17) is 9.47 Å². The second-order valence-corrected chi connectivity index (χ2v) is 5.97. The summed E-state index contributed by atoms with van der Waals surface area (Å²) in [7, 11) is 0. The lowest BCUT2D eigenvalue weighted by Crippen LogP contribution is -2.15. The van der Waals surface area contributed by atoms with Crippen molar-refractivity contribution in [2.75, 3.05) is 13.2 Å². The van der Waals surface area contributed by atoms with Crippen LogP contribution in [-0.4, -0.2) is 25.2 Å². The zero-order valence-corrected chi connectivity index (χ0v) is 15.1. The van der Waals surface area contributed by atoms with Gasteiger partial charge in [-0.2, -0.15) is 0 Å². The van der Waals surface area contributed by atoms with E-state index in [-0.39, 0.29) is 12.0 Å². The van der Waals surface area contributed by atoms with Crippen LogP contribution in [-0.2, 0) is 19.1 Å². The maximum Gasteiger partial charge on any atom is 0.333 e. The minimum atomic E-state index is -0.513. The van der Waals surface area contributed by atoms with Crippen LogP contribution in [0.1, 0.15) is 47.0 Å². The summed E-state index contributed by atoms with van der Waals surface area (Å²) in [5.74, 6) is 0.0204. The Hall–Kier alpha value is -1.84. The maximum atomic E-state index is 11.5. The molecule has 0 radical (unpaired) electrons. The molecular formula is C19H32O4. The molecule has 0 heterocycles. The van der Waals surface area contributed by atoms with Gasteiger partial charge in [0, 0.05) is 5.57 Å². The molecule has 4 heteroatoms. The quantitative estimate of drug-likeness (QED) is 0.338. The predicted molar refractivity (Wildman–Crippen MR) is 95.0 cm³/mol. The van der Waals surface area contributed by atoms with Crippen molar-refractivity contribution in [1.82, 2.24) is 0 Å². The number of hydrogen-bond acceptors (Lipinski definition) is 4. The predicted octanol–water partition coefficient (Wildman–Crippen LogP) is 4.47. The van der Waals surface area contributed by atoms with Crippen molar-refractivity contribution >= 4 is 11.9 Å². The van der Waals surface area contributed by atoms with Crippen LogP contribution in [0.4, 0.5) is 0 Å². The summed E-state index contributed by atoms with van der Waals surface area (Å²) in [5, 5.41) is 0. The molecule has 0 saturated carbocycles. The first-order valence-corrected chi connectivity index (χ1v) is 7.98. The highest BCUT2D eigenvalue weighted by Gasteiger charge is 2.14. The van der Waals surface area contributed by atoms with Gasteiger partial charge in [-0.05, 0) is 24.7 Å². The molecule has 0 bridgehead atoms. The van der Waals surface area contributed by atoms with Gasteiger partial charge in [0.25, 0.3) is 0 Å². The van der Waals surface area contributed by atoms with Gasteiger partial charge in [-0.3, -0.25) is 4.79 Å². The van der Waals surface area contributed by atoms with Crippen molar-refractivity contribution in [1.29, 1.82) is 0 Å². The topological polar surface area (TPSA) is 52.6 Å². The van der Waals surface area contributed by atoms with Gasteiger partial charge >= 0.3 is 11.9 Å². The summed E-state index contributed by atoms with van der Waals surface area (Å²) in [6.07, 6.45) is 4.80. The third-order valence-electron chi connectivity index (χ3n) is 2.70. The van der Waals surface area contributed by atoms with E-state index in [2.05, 4.69) is 47.4 Å². The van der Waals surface area contributed by atoms with Crippen LogP contribution in [0.5, 0.6) is 0 Å². The molecule has 23 heavy (non-hydrogen) atoms. The van der Waals surface area contributed by atoms with Crippen molar-refractivity contribution in [3.05, 3.63) is 37.5 Å². The monoisotopic (exact) mass is 324 g/mol. The first-order valence-electron chi connectivity index (χ1n) is 7.98. The molecule has 0 aliphatic rings. The van der Waals surface area contributed by atoms with Crippen LogP contribution >= 0.6 is 0 Å². The first kappa shape index (κ1) is 23.4. The summed E-state index contributed by atoms with van der Waals surface area (Å²) in [4.78, 5) is 22.9. The summed E-state index contributed by atoms with van der Waals surface area (Å²) >= 11 is 0. The van der Waals surface area contributed by atoms with E-state index < -0.39 is 11.9 Å². The van der Waals surface area contributed by atoms with Gasteiger partial charge in [0.15, 0.2) is 0 Å². The van der Waals surface area contributed by atoms with Crippen LogP contribution in [0.15, 0.2) is 37.5 Å². The Bertz CT molecular complexity index is 375. The molecule has 0 aromatic carbocycles. The van der Waals surface area contributed by atoms with Crippen LogP contribution in [0.2, 0.25) is 0 Å². The Kier molecular flexibility index (Phi) is 15.4. The lowest BCUT2D eigenvalue weighted by molar-refractivity contribution is -0.146. The highest BCUT2D eigenvalue weighted by molar-refractivity contribution is 5.93. The van der Waals surface area contributed by atoms with Gasteiger partial charge in [0.1, 0.15) is 0 Å². The number of ether oxygens (including phenoxy) is 2. The molecule has 4 nitrogen and oxygen atoms in total. The molecule has 0 aliphatic carbocycles. The highest BCUT2D eigenvalue weighted by Crippen LogP contribution is 2.07. The molecule has 0 saturated heterocycles. The molecule has 0 aromatic heterocycles. The van der Waals surface area contributed by atoms with Crippen LogP contribution in [0.3, 0.4) is 0 Å². The summed E-state index contributed by atoms with van der Waals surface area (Å²) in [5.41, 5.74) is 0.151.